The van der Waals surface area contributed by atoms with E-state index in [1.807, 2.05) is 0 Å². The van der Waals surface area contributed by atoms with Crippen molar-refractivity contribution in [1.29, 1.82) is 0 Å². The fourth-order valence-corrected chi connectivity index (χ4v) is 2.26. The Kier molecular flexibility index (Phi) is 7.20. The standard InChI is InChI=1S/C12H15Cl2N3O.HI/c13-8-2-3-9(10(14)6-8)11(18)7-17-12-15-4-1-5-16-12;/h2-3,6,11,18H,1,4-5,7H2,(H2,15,16,17);1H. The summed E-state index contributed by atoms with van der Waals surface area (Å²) < 4.78 is 0. The van der Waals surface area contributed by atoms with Crippen LogP contribution < -0.4 is 10.6 Å². The highest BCUT2D eigenvalue weighted by Crippen LogP contribution is 2.25. The molecule has 4 nitrogen and oxygen atoms in total. The van der Waals surface area contributed by atoms with Crippen molar-refractivity contribution in [3.63, 3.8) is 0 Å². The van der Waals surface area contributed by atoms with Crippen molar-refractivity contribution in [2.75, 3.05) is 19.6 Å². The molecule has 0 bridgehead atoms. The SMILES string of the molecule is I.OC(CNC1=NCCCN1)c1ccc(Cl)cc1Cl. The van der Waals surface area contributed by atoms with E-state index in [0.29, 0.717) is 22.2 Å². The van der Waals surface area contributed by atoms with Gasteiger partial charge >= 0.3 is 0 Å². The Labute approximate surface area is 139 Å². The number of aliphatic hydroxyl groups is 1. The van der Waals surface area contributed by atoms with Crippen LogP contribution in [0.15, 0.2) is 23.2 Å². The second-order valence-electron chi connectivity index (χ2n) is 4.07. The minimum atomic E-state index is -0.693. The average Bonchev–Trinajstić information content (AvgIpc) is 2.37. The smallest absolute Gasteiger partial charge is 0.191 e. The van der Waals surface area contributed by atoms with Gasteiger partial charge in [-0.05, 0) is 18.6 Å². The molecule has 2 rings (SSSR count). The fraction of sp³-hybridized carbons (Fsp3) is 0.417. The van der Waals surface area contributed by atoms with Crippen LogP contribution in [0.5, 0.6) is 0 Å². The highest BCUT2D eigenvalue weighted by molar-refractivity contribution is 14.0. The predicted molar refractivity (Wildman–Crippen MR) is 89.8 cm³/mol. The van der Waals surface area contributed by atoms with Gasteiger partial charge in [-0.2, -0.15) is 0 Å². The molecule has 0 aromatic heterocycles. The molecule has 1 aliphatic heterocycles. The molecule has 0 radical (unpaired) electrons. The lowest BCUT2D eigenvalue weighted by Crippen LogP contribution is -2.42. The maximum atomic E-state index is 10.1. The van der Waals surface area contributed by atoms with Crippen LogP contribution in [0, 0.1) is 0 Å². The fourth-order valence-electron chi connectivity index (χ4n) is 1.73. The van der Waals surface area contributed by atoms with Gasteiger partial charge in [0.2, 0.25) is 0 Å². The predicted octanol–water partition coefficient (Wildman–Crippen LogP) is 2.58. The van der Waals surface area contributed by atoms with E-state index in [9.17, 15) is 5.11 Å². The minimum absolute atomic E-state index is 0. The second kappa shape index (κ2) is 8.14. The maximum Gasteiger partial charge on any atom is 0.191 e. The average molecular weight is 416 g/mol. The van der Waals surface area contributed by atoms with Gasteiger partial charge in [0.1, 0.15) is 0 Å². The highest BCUT2D eigenvalue weighted by atomic mass is 127. The molecule has 0 fully saturated rings. The molecule has 1 aliphatic rings. The van der Waals surface area contributed by atoms with Gasteiger partial charge in [0.25, 0.3) is 0 Å². The van der Waals surface area contributed by atoms with E-state index < -0.39 is 6.10 Å². The number of aliphatic imine (C=N–C) groups is 1. The van der Waals surface area contributed by atoms with Gasteiger partial charge in [-0.1, -0.05) is 29.3 Å². The van der Waals surface area contributed by atoms with Gasteiger partial charge in [-0.3, -0.25) is 4.99 Å². The van der Waals surface area contributed by atoms with Gasteiger partial charge < -0.3 is 15.7 Å². The minimum Gasteiger partial charge on any atom is -0.387 e. The first kappa shape index (κ1) is 16.8. The van der Waals surface area contributed by atoms with E-state index in [0.717, 1.165) is 25.5 Å². The Morgan fingerprint density at radius 2 is 2.21 bits per heavy atom. The van der Waals surface area contributed by atoms with E-state index in [1.54, 1.807) is 18.2 Å². The van der Waals surface area contributed by atoms with Crippen molar-refractivity contribution in [2.24, 2.45) is 4.99 Å². The summed E-state index contributed by atoms with van der Waals surface area (Å²) in [7, 11) is 0. The largest absolute Gasteiger partial charge is 0.387 e. The summed E-state index contributed by atoms with van der Waals surface area (Å²) in [6.45, 7) is 2.07. The summed E-state index contributed by atoms with van der Waals surface area (Å²) in [6.07, 6.45) is 0.345. The van der Waals surface area contributed by atoms with Gasteiger partial charge in [0.05, 0.1) is 6.10 Å². The van der Waals surface area contributed by atoms with Crippen molar-refractivity contribution in [2.45, 2.75) is 12.5 Å². The molecular weight excluding hydrogens is 400 g/mol. The molecule has 0 amide bonds. The number of benzene rings is 1. The Hall–Kier alpha value is -0.240. The molecule has 1 aromatic carbocycles. The van der Waals surface area contributed by atoms with Crippen LogP contribution in [0.25, 0.3) is 0 Å². The highest BCUT2D eigenvalue weighted by Gasteiger charge is 2.13. The first-order chi connectivity index (χ1) is 8.66. The second-order valence-corrected chi connectivity index (χ2v) is 4.92. The lowest BCUT2D eigenvalue weighted by molar-refractivity contribution is 0.181. The van der Waals surface area contributed by atoms with E-state index in [-0.39, 0.29) is 24.0 Å². The summed E-state index contributed by atoms with van der Waals surface area (Å²) in [5.74, 6) is 0.727. The topological polar surface area (TPSA) is 56.6 Å². The normalized spacial score (nSPS) is 15.8. The number of halogens is 3. The molecule has 0 spiro atoms. The first-order valence-electron chi connectivity index (χ1n) is 5.82. The van der Waals surface area contributed by atoms with Crippen molar-refractivity contribution in [3.8, 4) is 0 Å². The molecule has 3 N–H and O–H groups in total. The zero-order valence-electron chi connectivity index (χ0n) is 10.2. The van der Waals surface area contributed by atoms with Crippen LogP contribution in [-0.2, 0) is 0 Å². The third-order valence-electron chi connectivity index (χ3n) is 2.68. The molecule has 1 unspecified atom stereocenters. The van der Waals surface area contributed by atoms with E-state index in [2.05, 4.69) is 15.6 Å². The Morgan fingerprint density at radius 1 is 1.42 bits per heavy atom. The summed E-state index contributed by atoms with van der Waals surface area (Å²) in [5.41, 5.74) is 0.657. The van der Waals surface area contributed by atoms with Crippen LogP contribution in [-0.4, -0.2) is 30.7 Å². The third kappa shape index (κ3) is 4.98. The molecule has 1 atom stereocenters. The van der Waals surface area contributed by atoms with Crippen LogP contribution in [0.3, 0.4) is 0 Å². The zero-order valence-corrected chi connectivity index (χ0v) is 14.0. The lowest BCUT2D eigenvalue weighted by atomic mass is 10.1. The molecule has 7 heteroatoms. The summed E-state index contributed by atoms with van der Waals surface area (Å²) in [5, 5.41) is 17.3. The van der Waals surface area contributed by atoms with Crippen LogP contribution in [0.1, 0.15) is 18.1 Å². The molecule has 0 saturated carbocycles. The maximum absolute atomic E-state index is 10.1. The summed E-state index contributed by atoms with van der Waals surface area (Å²) >= 11 is 11.8. The first-order valence-corrected chi connectivity index (χ1v) is 6.57. The van der Waals surface area contributed by atoms with Gasteiger partial charge in [0, 0.05) is 35.2 Å². The van der Waals surface area contributed by atoms with Gasteiger partial charge in [0.15, 0.2) is 5.96 Å². The zero-order chi connectivity index (χ0) is 13.0. The number of nitrogens with zero attached hydrogens (tertiary/aromatic N) is 1. The third-order valence-corrected chi connectivity index (χ3v) is 3.24. The summed E-state index contributed by atoms with van der Waals surface area (Å²) in [6, 6.07) is 5.06. The quantitative estimate of drug-likeness (QED) is 0.665. The van der Waals surface area contributed by atoms with E-state index in [4.69, 9.17) is 23.2 Å². The Balaban J connectivity index is 0.00000180. The van der Waals surface area contributed by atoms with Crippen molar-refractivity contribution in [1.82, 2.24) is 10.6 Å². The number of rotatable bonds is 3. The number of hydrogen-bond donors (Lipinski definition) is 3. The molecule has 0 saturated heterocycles. The summed E-state index contributed by atoms with van der Waals surface area (Å²) in [4.78, 5) is 4.26. The van der Waals surface area contributed by atoms with E-state index in [1.165, 1.54) is 0 Å². The molecule has 19 heavy (non-hydrogen) atoms. The molecule has 1 heterocycles. The molecular formula is C12H16Cl2IN3O. The van der Waals surface area contributed by atoms with Crippen molar-refractivity contribution >= 4 is 53.1 Å². The van der Waals surface area contributed by atoms with Crippen LogP contribution in [0.2, 0.25) is 10.0 Å². The van der Waals surface area contributed by atoms with Crippen molar-refractivity contribution in [3.05, 3.63) is 33.8 Å². The van der Waals surface area contributed by atoms with Gasteiger partial charge in [-0.15, -0.1) is 24.0 Å². The van der Waals surface area contributed by atoms with Crippen LogP contribution in [0.4, 0.5) is 0 Å². The number of guanidine groups is 1. The molecule has 106 valence electrons. The molecule has 0 aliphatic carbocycles. The van der Waals surface area contributed by atoms with Crippen LogP contribution >= 0.6 is 47.2 Å². The van der Waals surface area contributed by atoms with E-state index >= 15 is 0 Å². The number of aliphatic hydroxyl groups excluding tert-OH is 1. The number of hydrogen-bond acceptors (Lipinski definition) is 4. The lowest BCUT2D eigenvalue weighted by Gasteiger charge is -2.19. The molecule has 1 aromatic rings. The Morgan fingerprint density at radius 3 is 2.84 bits per heavy atom. The Bertz CT molecular complexity index is 457. The van der Waals surface area contributed by atoms with Gasteiger partial charge in [-0.25, -0.2) is 0 Å². The monoisotopic (exact) mass is 415 g/mol. The number of nitrogens with one attached hydrogen (secondary N) is 2. The van der Waals surface area contributed by atoms with Crippen molar-refractivity contribution < 1.29 is 5.11 Å².